The lowest BCUT2D eigenvalue weighted by molar-refractivity contribution is 0.488. The lowest BCUT2D eigenvalue weighted by Crippen LogP contribution is -1.97. The number of hydrogen-bond acceptors (Lipinski definition) is 6. The number of benzene rings is 1. The van der Waals surface area contributed by atoms with E-state index in [1.54, 1.807) is 12.1 Å². The van der Waals surface area contributed by atoms with Gasteiger partial charge in [-0.2, -0.15) is 0 Å². The van der Waals surface area contributed by atoms with Gasteiger partial charge in [-0.3, -0.25) is 0 Å². The fourth-order valence-corrected chi connectivity index (χ4v) is 2.63. The van der Waals surface area contributed by atoms with Crippen LogP contribution < -0.4 is 5.73 Å². The summed E-state index contributed by atoms with van der Waals surface area (Å²) in [4.78, 5) is 13.3. The third-order valence-electron chi connectivity index (χ3n) is 3.18. The van der Waals surface area contributed by atoms with Crippen molar-refractivity contribution >= 4 is 28.5 Å². The summed E-state index contributed by atoms with van der Waals surface area (Å²) in [7, 11) is 0. The maximum Gasteiger partial charge on any atom is 0.264 e. The van der Waals surface area contributed by atoms with E-state index < -0.39 is 0 Å². The average Bonchev–Trinajstić information content (AvgIpc) is 2.77. The van der Waals surface area contributed by atoms with Crippen molar-refractivity contribution in [2.24, 2.45) is 0 Å². The summed E-state index contributed by atoms with van der Waals surface area (Å²) in [5.74, 6) is 0. The maximum atomic E-state index is 5.73. The summed E-state index contributed by atoms with van der Waals surface area (Å²) >= 11 is 1.32. The normalized spacial score (nSPS) is 11.2. The van der Waals surface area contributed by atoms with Crippen molar-refractivity contribution in [3.63, 3.8) is 0 Å². The van der Waals surface area contributed by atoms with E-state index in [9.17, 15) is 0 Å². The van der Waals surface area contributed by atoms with Crippen molar-refractivity contribution in [2.75, 3.05) is 5.73 Å². The highest BCUT2D eigenvalue weighted by Crippen LogP contribution is 2.29. The molecule has 0 bridgehead atoms. The molecule has 2 heterocycles. The second-order valence-corrected chi connectivity index (χ2v) is 5.53. The maximum absolute atomic E-state index is 5.73. The molecular formula is C14H14N4OS. The molecule has 0 aliphatic rings. The average molecular weight is 286 g/mol. The number of nitrogen functional groups attached to an aromatic ring is 1. The van der Waals surface area contributed by atoms with Gasteiger partial charge in [-0.1, -0.05) is 0 Å². The van der Waals surface area contributed by atoms with Crippen molar-refractivity contribution in [3.05, 3.63) is 35.2 Å². The number of rotatable bonds is 2. The molecule has 2 N–H and O–H groups in total. The van der Waals surface area contributed by atoms with Crippen LogP contribution in [0.2, 0.25) is 0 Å². The highest BCUT2D eigenvalue weighted by atomic mass is 32.2. The molecule has 0 spiro atoms. The Hall–Kier alpha value is -2.08. The number of hydrogen-bond donors (Lipinski definition) is 1. The third-order valence-corrected chi connectivity index (χ3v) is 3.90. The molecule has 6 heteroatoms. The molecule has 2 aromatic heterocycles. The largest absolute Gasteiger partial charge is 0.431 e. The molecule has 5 nitrogen and oxygen atoms in total. The molecule has 102 valence electrons. The quantitative estimate of drug-likeness (QED) is 0.575. The Morgan fingerprint density at radius 3 is 2.45 bits per heavy atom. The fourth-order valence-electron chi connectivity index (χ4n) is 1.83. The van der Waals surface area contributed by atoms with Crippen LogP contribution in [0.3, 0.4) is 0 Å². The van der Waals surface area contributed by atoms with E-state index in [1.807, 2.05) is 26.8 Å². The topological polar surface area (TPSA) is 77.8 Å². The van der Waals surface area contributed by atoms with Crippen LogP contribution in [0.25, 0.3) is 11.1 Å². The number of anilines is 1. The zero-order chi connectivity index (χ0) is 14.3. The highest BCUT2D eigenvalue weighted by Gasteiger charge is 2.11. The summed E-state index contributed by atoms with van der Waals surface area (Å²) in [6, 6.07) is 5.39. The predicted octanol–water partition coefficient (Wildman–Crippen LogP) is 3.28. The molecule has 0 fully saturated rings. The van der Waals surface area contributed by atoms with Crippen LogP contribution in [-0.2, 0) is 0 Å². The first-order chi connectivity index (χ1) is 9.52. The van der Waals surface area contributed by atoms with Crippen molar-refractivity contribution in [3.8, 4) is 0 Å². The summed E-state index contributed by atoms with van der Waals surface area (Å²) in [5.41, 5.74) is 10.9. The molecule has 1 aromatic carbocycles. The molecule has 0 radical (unpaired) electrons. The zero-order valence-corrected chi connectivity index (χ0v) is 12.3. The number of aryl methyl sites for hydroxylation is 2. The minimum Gasteiger partial charge on any atom is -0.431 e. The van der Waals surface area contributed by atoms with E-state index >= 15 is 0 Å². The van der Waals surface area contributed by atoms with Crippen LogP contribution in [0.15, 0.2) is 33.0 Å². The van der Waals surface area contributed by atoms with Gasteiger partial charge < -0.3 is 10.2 Å². The van der Waals surface area contributed by atoms with Crippen LogP contribution >= 0.6 is 11.8 Å². The Morgan fingerprint density at radius 2 is 1.75 bits per heavy atom. The minimum absolute atomic E-state index is 0.522. The molecule has 0 saturated heterocycles. The van der Waals surface area contributed by atoms with E-state index in [0.717, 1.165) is 22.5 Å². The molecule has 0 aliphatic carbocycles. The van der Waals surface area contributed by atoms with Crippen LogP contribution in [-0.4, -0.2) is 15.0 Å². The van der Waals surface area contributed by atoms with Gasteiger partial charge >= 0.3 is 0 Å². The van der Waals surface area contributed by atoms with Gasteiger partial charge in [-0.05, 0) is 44.5 Å². The zero-order valence-electron chi connectivity index (χ0n) is 11.5. The van der Waals surface area contributed by atoms with Gasteiger partial charge in [0.2, 0.25) is 0 Å². The first-order valence-electron chi connectivity index (χ1n) is 6.18. The molecule has 0 atom stereocenters. The Labute approximate surface area is 120 Å². The van der Waals surface area contributed by atoms with E-state index in [-0.39, 0.29) is 0 Å². The van der Waals surface area contributed by atoms with Crippen molar-refractivity contribution in [2.45, 2.75) is 31.2 Å². The third kappa shape index (κ3) is 2.34. The number of fused-ring (bicyclic) bond motifs is 1. The van der Waals surface area contributed by atoms with Crippen LogP contribution in [0.1, 0.15) is 17.0 Å². The first kappa shape index (κ1) is 12.9. The molecule has 3 aromatic rings. The molecule has 0 aliphatic heterocycles. The first-order valence-corrected chi connectivity index (χ1v) is 7.00. The van der Waals surface area contributed by atoms with Gasteiger partial charge in [-0.15, -0.1) is 0 Å². The molecule has 3 rings (SSSR count). The van der Waals surface area contributed by atoms with Crippen molar-refractivity contribution in [1.82, 2.24) is 15.0 Å². The number of nitrogens with zero attached hydrogens (tertiary/aromatic N) is 3. The number of nitrogens with two attached hydrogens (primary N) is 1. The van der Waals surface area contributed by atoms with Crippen LogP contribution in [0, 0.1) is 20.8 Å². The van der Waals surface area contributed by atoms with Crippen LogP contribution in [0.5, 0.6) is 0 Å². The Balaban J connectivity index is 1.96. The lowest BCUT2D eigenvalue weighted by atomic mass is 10.2. The molecule has 0 saturated carbocycles. The standard InChI is InChI=1S/C14H14N4OS/c1-7-8(2)16-13(17-9(7)3)20-14-18-11-6-10(15)4-5-12(11)19-14/h4-6H,15H2,1-3H3. The summed E-state index contributed by atoms with van der Waals surface area (Å²) in [5, 5.41) is 1.17. The monoisotopic (exact) mass is 286 g/mol. The van der Waals surface area contributed by atoms with Gasteiger partial charge in [0.05, 0.1) is 0 Å². The van der Waals surface area contributed by atoms with Gasteiger partial charge in [0.15, 0.2) is 10.7 Å². The number of aromatic nitrogens is 3. The van der Waals surface area contributed by atoms with Gasteiger partial charge in [0.1, 0.15) is 5.52 Å². The smallest absolute Gasteiger partial charge is 0.264 e. The molecule has 0 unspecified atom stereocenters. The predicted molar refractivity (Wildman–Crippen MR) is 78.8 cm³/mol. The van der Waals surface area contributed by atoms with E-state index in [0.29, 0.717) is 21.6 Å². The molecule has 20 heavy (non-hydrogen) atoms. The highest BCUT2D eigenvalue weighted by molar-refractivity contribution is 7.98. The van der Waals surface area contributed by atoms with Gasteiger partial charge in [0.25, 0.3) is 5.22 Å². The minimum atomic E-state index is 0.522. The van der Waals surface area contributed by atoms with E-state index in [1.165, 1.54) is 11.8 Å². The van der Waals surface area contributed by atoms with Crippen molar-refractivity contribution in [1.29, 1.82) is 0 Å². The lowest BCUT2D eigenvalue weighted by Gasteiger charge is -2.04. The second-order valence-electron chi connectivity index (χ2n) is 4.61. The number of oxazole rings is 1. The van der Waals surface area contributed by atoms with Crippen molar-refractivity contribution < 1.29 is 4.42 Å². The Kier molecular flexibility index (Phi) is 3.10. The van der Waals surface area contributed by atoms with Gasteiger partial charge in [-0.25, -0.2) is 15.0 Å². The van der Waals surface area contributed by atoms with Gasteiger partial charge in [0, 0.05) is 28.8 Å². The Morgan fingerprint density at radius 1 is 1.05 bits per heavy atom. The second kappa shape index (κ2) is 4.79. The molecule has 0 amide bonds. The SMILES string of the molecule is Cc1nc(Sc2nc3cc(N)ccc3o2)nc(C)c1C. The summed E-state index contributed by atoms with van der Waals surface area (Å²) in [6.07, 6.45) is 0. The summed E-state index contributed by atoms with van der Waals surface area (Å²) in [6.45, 7) is 5.96. The summed E-state index contributed by atoms with van der Waals surface area (Å²) < 4.78 is 5.65. The van der Waals surface area contributed by atoms with E-state index in [2.05, 4.69) is 15.0 Å². The van der Waals surface area contributed by atoms with Crippen LogP contribution in [0.4, 0.5) is 5.69 Å². The molecular weight excluding hydrogens is 272 g/mol. The van der Waals surface area contributed by atoms with E-state index in [4.69, 9.17) is 10.2 Å². The Bertz CT molecular complexity index is 774. The fraction of sp³-hybridized carbons (Fsp3) is 0.214.